The van der Waals surface area contributed by atoms with E-state index in [1.807, 2.05) is 0 Å². The Kier molecular flexibility index (Phi) is 4.98. The first-order valence-electron chi connectivity index (χ1n) is 6.74. The van der Waals surface area contributed by atoms with E-state index in [0.717, 1.165) is 23.7 Å². The number of rotatable bonds is 7. The molecule has 1 aliphatic carbocycles. The molecule has 0 heterocycles. The molecule has 0 radical (unpaired) electrons. The summed E-state index contributed by atoms with van der Waals surface area (Å²) in [6, 6.07) is 0. The normalized spacial score (nSPS) is 33.0. The van der Waals surface area contributed by atoms with Crippen LogP contribution in [0.5, 0.6) is 0 Å². The third kappa shape index (κ3) is 3.00. The van der Waals surface area contributed by atoms with E-state index >= 15 is 0 Å². The minimum atomic E-state index is 1.02. The van der Waals surface area contributed by atoms with Crippen LogP contribution >= 0.6 is 0 Å². The maximum absolute atomic E-state index is 2.44. The van der Waals surface area contributed by atoms with Gasteiger partial charge in [-0.15, -0.1) is 0 Å². The predicted molar refractivity (Wildman–Crippen MR) is 64.4 cm³/mol. The van der Waals surface area contributed by atoms with Crippen LogP contribution in [-0.4, -0.2) is 0 Å². The second kappa shape index (κ2) is 5.78. The Balaban J connectivity index is 2.13. The van der Waals surface area contributed by atoms with Crippen LogP contribution < -0.4 is 0 Å². The topological polar surface area (TPSA) is 0 Å². The lowest BCUT2D eigenvalue weighted by molar-refractivity contribution is 0.399. The average molecular weight is 196 g/mol. The summed E-state index contributed by atoms with van der Waals surface area (Å²) < 4.78 is 0. The minimum Gasteiger partial charge on any atom is -0.0654 e. The number of hydrogen-bond acceptors (Lipinski definition) is 0. The van der Waals surface area contributed by atoms with Crippen LogP contribution in [0.1, 0.15) is 66.2 Å². The standard InChI is InChI=1S/C14H28/c1-5-8-12(6-2)9-10-14-11(4)13(14)7-3/h11-14H,5-10H2,1-4H3. The van der Waals surface area contributed by atoms with Gasteiger partial charge >= 0.3 is 0 Å². The van der Waals surface area contributed by atoms with E-state index in [1.54, 1.807) is 0 Å². The Morgan fingerprint density at radius 1 is 1.00 bits per heavy atom. The third-order valence-electron chi connectivity index (χ3n) is 4.41. The molecular weight excluding hydrogens is 168 g/mol. The van der Waals surface area contributed by atoms with Gasteiger partial charge in [0.25, 0.3) is 0 Å². The van der Waals surface area contributed by atoms with Gasteiger partial charge in [0.15, 0.2) is 0 Å². The van der Waals surface area contributed by atoms with Crippen molar-refractivity contribution < 1.29 is 0 Å². The highest BCUT2D eigenvalue weighted by Crippen LogP contribution is 2.51. The highest BCUT2D eigenvalue weighted by molar-refractivity contribution is 4.92. The molecule has 4 unspecified atom stereocenters. The molecule has 84 valence electrons. The fraction of sp³-hybridized carbons (Fsp3) is 1.00. The van der Waals surface area contributed by atoms with E-state index in [9.17, 15) is 0 Å². The molecule has 0 aromatic heterocycles. The molecule has 1 aliphatic rings. The van der Waals surface area contributed by atoms with Crippen molar-refractivity contribution in [3.8, 4) is 0 Å². The van der Waals surface area contributed by atoms with Crippen molar-refractivity contribution in [1.82, 2.24) is 0 Å². The lowest BCUT2D eigenvalue weighted by atomic mass is 9.93. The Morgan fingerprint density at radius 3 is 2.14 bits per heavy atom. The molecule has 4 atom stereocenters. The van der Waals surface area contributed by atoms with Gasteiger partial charge < -0.3 is 0 Å². The van der Waals surface area contributed by atoms with E-state index < -0.39 is 0 Å². The lowest BCUT2D eigenvalue weighted by Gasteiger charge is -2.13. The minimum absolute atomic E-state index is 1.02. The van der Waals surface area contributed by atoms with E-state index in [2.05, 4.69) is 27.7 Å². The van der Waals surface area contributed by atoms with Crippen LogP contribution in [0.3, 0.4) is 0 Å². The van der Waals surface area contributed by atoms with Crippen LogP contribution in [0.2, 0.25) is 0 Å². The fourth-order valence-electron chi connectivity index (χ4n) is 3.18. The first-order valence-corrected chi connectivity index (χ1v) is 6.74. The first kappa shape index (κ1) is 12.1. The Morgan fingerprint density at radius 2 is 1.71 bits per heavy atom. The summed E-state index contributed by atoms with van der Waals surface area (Å²) in [7, 11) is 0. The van der Waals surface area contributed by atoms with Gasteiger partial charge in [0, 0.05) is 0 Å². The van der Waals surface area contributed by atoms with Gasteiger partial charge in [0.1, 0.15) is 0 Å². The van der Waals surface area contributed by atoms with Crippen LogP contribution in [0.4, 0.5) is 0 Å². The van der Waals surface area contributed by atoms with Gasteiger partial charge in [0.05, 0.1) is 0 Å². The van der Waals surface area contributed by atoms with E-state index in [0.29, 0.717) is 0 Å². The molecule has 0 aliphatic heterocycles. The van der Waals surface area contributed by atoms with Crippen molar-refractivity contribution in [2.45, 2.75) is 66.2 Å². The van der Waals surface area contributed by atoms with E-state index in [-0.39, 0.29) is 0 Å². The van der Waals surface area contributed by atoms with Crippen LogP contribution in [0, 0.1) is 23.7 Å². The maximum Gasteiger partial charge on any atom is -0.0355 e. The molecule has 0 aromatic carbocycles. The predicted octanol–water partition coefficient (Wildman–Crippen LogP) is 4.89. The zero-order valence-electron chi connectivity index (χ0n) is 10.6. The van der Waals surface area contributed by atoms with Gasteiger partial charge in [-0.25, -0.2) is 0 Å². The van der Waals surface area contributed by atoms with E-state index in [4.69, 9.17) is 0 Å². The molecule has 0 spiro atoms. The van der Waals surface area contributed by atoms with E-state index in [1.165, 1.54) is 38.5 Å². The summed E-state index contributed by atoms with van der Waals surface area (Å²) in [5.74, 6) is 4.23. The molecule has 0 saturated heterocycles. The maximum atomic E-state index is 2.44. The molecule has 0 bridgehead atoms. The zero-order chi connectivity index (χ0) is 10.6. The van der Waals surface area contributed by atoms with Crippen molar-refractivity contribution in [3.63, 3.8) is 0 Å². The second-order valence-corrected chi connectivity index (χ2v) is 5.24. The molecule has 1 saturated carbocycles. The summed E-state index contributed by atoms with van der Waals surface area (Å²) >= 11 is 0. The Hall–Kier alpha value is 0. The van der Waals surface area contributed by atoms with Gasteiger partial charge in [0.2, 0.25) is 0 Å². The smallest absolute Gasteiger partial charge is 0.0355 e. The lowest BCUT2D eigenvalue weighted by Crippen LogP contribution is -1.99. The SMILES string of the molecule is CCCC(CC)CCC1C(C)C1CC. The highest BCUT2D eigenvalue weighted by atomic mass is 14.5. The molecule has 0 amide bonds. The molecule has 1 fully saturated rings. The van der Waals surface area contributed by atoms with Gasteiger partial charge in [-0.2, -0.15) is 0 Å². The van der Waals surface area contributed by atoms with Crippen LogP contribution in [0.25, 0.3) is 0 Å². The van der Waals surface area contributed by atoms with Crippen LogP contribution in [-0.2, 0) is 0 Å². The highest BCUT2D eigenvalue weighted by Gasteiger charge is 2.44. The Labute approximate surface area is 90.5 Å². The third-order valence-corrected chi connectivity index (χ3v) is 4.41. The molecule has 0 heteroatoms. The fourth-order valence-corrected chi connectivity index (χ4v) is 3.18. The summed E-state index contributed by atoms with van der Waals surface area (Å²) in [5, 5.41) is 0. The average Bonchev–Trinajstić information content (AvgIpc) is 2.83. The summed E-state index contributed by atoms with van der Waals surface area (Å²) in [5.41, 5.74) is 0. The first-order chi connectivity index (χ1) is 6.74. The van der Waals surface area contributed by atoms with Crippen molar-refractivity contribution in [2.24, 2.45) is 23.7 Å². The van der Waals surface area contributed by atoms with Gasteiger partial charge in [-0.05, 0) is 30.1 Å². The van der Waals surface area contributed by atoms with Crippen molar-refractivity contribution in [1.29, 1.82) is 0 Å². The monoisotopic (exact) mass is 196 g/mol. The molecule has 0 nitrogen and oxygen atoms in total. The molecular formula is C14H28. The van der Waals surface area contributed by atoms with Crippen molar-refractivity contribution in [3.05, 3.63) is 0 Å². The van der Waals surface area contributed by atoms with Crippen molar-refractivity contribution in [2.75, 3.05) is 0 Å². The summed E-state index contributed by atoms with van der Waals surface area (Å²) in [6.07, 6.45) is 8.64. The second-order valence-electron chi connectivity index (χ2n) is 5.24. The molecule has 14 heavy (non-hydrogen) atoms. The van der Waals surface area contributed by atoms with Gasteiger partial charge in [-0.3, -0.25) is 0 Å². The molecule has 0 N–H and O–H groups in total. The molecule has 1 rings (SSSR count). The number of hydrogen-bond donors (Lipinski definition) is 0. The Bertz CT molecular complexity index is 148. The molecule has 0 aromatic rings. The zero-order valence-corrected chi connectivity index (χ0v) is 10.6. The largest absolute Gasteiger partial charge is 0.0654 e. The van der Waals surface area contributed by atoms with Gasteiger partial charge in [-0.1, -0.05) is 59.8 Å². The van der Waals surface area contributed by atoms with Crippen molar-refractivity contribution >= 4 is 0 Å². The quantitative estimate of drug-likeness (QED) is 0.544. The van der Waals surface area contributed by atoms with Crippen LogP contribution in [0.15, 0.2) is 0 Å². The summed E-state index contributed by atoms with van der Waals surface area (Å²) in [6.45, 7) is 9.47. The summed E-state index contributed by atoms with van der Waals surface area (Å²) in [4.78, 5) is 0.